The maximum atomic E-state index is 9.34. The highest BCUT2D eigenvalue weighted by Crippen LogP contribution is 2.32. The quantitative estimate of drug-likeness (QED) is 0.733. The van der Waals surface area contributed by atoms with Crippen LogP contribution in [0, 0.1) is 0 Å². The lowest BCUT2D eigenvalue weighted by Crippen LogP contribution is -2.42. The van der Waals surface area contributed by atoms with Gasteiger partial charge in [0, 0.05) is 19.1 Å². The number of nitrogens with zero attached hydrogens (tertiary/aromatic N) is 4. The third-order valence-electron chi connectivity index (χ3n) is 3.75. The van der Waals surface area contributed by atoms with Crippen molar-refractivity contribution in [2.45, 2.75) is 32.2 Å². The van der Waals surface area contributed by atoms with Crippen LogP contribution in [-0.2, 0) is 0 Å². The van der Waals surface area contributed by atoms with Gasteiger partial charge in [-0.05, 0) is 26.2 Å². The zero-order valence-corrected chi connectivity index (χ0v) is 11.6. The highest BCUT2D eigenvalue weighted by atomic mass is 16.3. The minimum atomic E-state index is 0.121. The smallest absolute Gasteiger partial charge is 0.226 e. The Morgan fingerprint density at radius 1 is 1.45 bits per heavy atom. The molecule has 2 aromatic rings. The summed E-state index contributed by atoms with van der Waals surface area (Å²) in [6.07, 6.45) is 5.30. The van der Waals surface area contributed by atoms with Gasteiger partial charge in [0.1, 0.15) is 5.82 Å². The lowest BCUT2D eigenvalue weighted by atomic mass is 9.91. The highest BCUT2D eigenvalue weighted by molar-refractivity contribution is 5.87. The largest absolute Gasteiger partial charge is 0.395 e. The van der Waals surface area contributed by atoms with Gasteiger partial charge in [0.2, 0.25) is 5.95 Å². The summed E-state index contributed by atoms with van der Waals surface area (Å²) in [5.74, 6) is 1.46. The van der Waals surface area contributed by atoms with Crippen molar-refractivity contribution < 1.29 is 5.11 Å². The monoisotopic (exact) mass is 276 g/mol. The molecule has 0 radical (unpaired) electrons. The van der Waals surface area contributed by atoms with E-state index in [1.165, 1.54) is 6.42 Å². The maximum Gasteiger partial charge on any atom is 0.226 e. The summed E-state index contributed by atoms with van der Waals surface area (Å²) in [6.45, 7) is 3.49. The van der Waals surface area contributed by atoms with Gasteiger partial charge in [0.15, 0.2) is 5.65 Å². The highest BCUT2D eigenvalue weighted by Gasteiger charge is 2.27. The molecule has 1 saturated carbocycles. The lowest BCUT2D eigenvalue weighted by Gasteiger charge is -2.38. The van der Waals surface area contributed by atoms with Crippen LogP contribution in [0.3, 0.4) is 0 Å². The number of anilines is 2. The zero-order valence-electron chi connectivity index (χ0n) is 11.6. The Morgan fingerprint density at radius 3 is 2.95 bits per heavy atom. The summed E-state index contributed by atoms with van der Waals surface area (Å²) in [5.41, 5.74) is 0.730. The van der Waals surface area contributed by atoms with E-state index >= 15 is 0 Å². The third kappa shape index (κ3) is 2.29. The molecule has 3 N–H and O–H groups in total. The van der Waals surface area contributed by atoms with Gasteiger partial charge in [0.05, 0.1) is 18.2 Å². The molecule has 2 heterocycles. The lowest BCUT2D eigenvalue weighted by molar-refractivity contribution is 0.283. The van der Waals surface area contributed by atoms with Gasteiger partial charge in [-0.2, -0.15) is 15.1 Å². The minimum Gasteiger partial charge on any atom is -0.395 e. The standard InChI is InChI=1S/C13H20N6O/c1-2-14-13-16-11-10(8-15-18-11)12(17-13)19(6-7-20)9-4-3-5-9/h8-9,20H,2-7H2,1H3,(H2,14,15,16,17,18). The number of aromatic amines is 1. The van der Waals surface area contributed by atoms with E-state index in [0.717, 1.165) is 36.2 Å². The molecule has 0 atom stereocenters. The summed E-state index contributed by atoms with van der Waals surface area (Å²) < 4.78 is 0. The van der Waals surface area contributed by atoms with Crippen LogP contribution in [0.5, 0.6) is 0 Å². The molecule has 108 valence electrons. The van der Waals surface area contributed by atoms with E-state index in [9.17, 15) is 5.11 Å². The molecule has 1 aliphatic rings. The number of fused-ring (bicyclic) bond motifs is 1. The van der Waals surface area contributed by atoms with Gasteiger partial charge < -0.3 is 15.3 Å². The van der Waals surface area contributed by atoms with E-state index in [1.54, 1.807) is 6.20 Å². The Kier molecular flexibility index (Phi) is 3.68. The maximum absolute atomic E-state index is 9.34. The first-order chi connectivity index (χ1) is 9.83. The average molecular weight is 276 g/mol. The molecule has 0 unspecified atom stereocenters. The van der Waals surface area contributed by atoms with E-state index in [1.807, 2.05) is 6.92 Å². The summed E-state index contributed by atoms with van der Waals surface area (Å²) in [4.78, 5) is 11.2. The topological polar surface area (TPSA) is 90.0 Å². The van der Waals surface area contributed by atoms with Crippen molar-refractivity contribution in [1.82, 2.24) is 20.2 Å². The summed E-state index contributed by atoms with van der Waals surface area (Å²) in [7, 11) is 0. The fourth-order valence-electron chi connectivity index (χ4n) is 2.54. The molecule has 3 rings (SSSR count). The van der Waals surface area contributed by atoms with E-state index in [4.69, 9.17) is 0 Å². The molecule has 1 fully saturated rings. The van der Waals surface area contributed by atoms with Crippen LogP contribution >= 0.6 is 0 Å². The molecule has 0 spiro atoms. The van der Waals surface area contributed by atoms with Gasteiger partial charge in [-0.25, -0.2) is 0 Å². The van der Waals surface area contributed by atoms with Crippen molar-refractivity contribution in [2.75, 3.05) is 29.9 Å². The molecule has 1 aliphatic carbocycles. The second-order valence-electron chi connectivity index (χ2n) is 5.04. The first-order valence-electron chi connectivity index (χ1n) is 7.16. The van der Waals surface area contributed by atoms with E-state index in [-0.39, 0.29) is 6.61 Å². The molecular weight excluding hydrogens is 256 g/mol. The summed E-state index contributed by atoms with van der Waals surface area (Å²) in [5, 5.41) is 20.4. The normalized spacial score (nSPS) is 15.3. The number of aliphatic hydroxyl groups excluding tert-OH is 1. The van der Waals surface area contributed by atoms with Crippen molar-refractivity contribution in [1.29, 1.82) is 0 Å². The van der Waals surface area contributed by atoms with Gasteiger partial charge >= 0.3 is 0 Å². The second kappa shape index (κ2) is 5.62. The van der Waals surface area contributed by atoms with Crippen molar-refractivity contribution in [3.63, 3.8) is 0 Å². The van der Waals surface area contributed by atoms with Gasteiger partial charge in [-0.1, -0.05) is 0 Å². The van der Waals surface area contributed by atoms with Crippen molar-refractivity contribution in [3.8, 4) is 0 Å². The molecule has 0 bridgehead atoms. The Morgan fingerprint density at radius 2 is 2.30 bits per heavy atom. The molecule has 0 aliphatic heterocycles. The van der Waals surface area contributed by atoms with E-state index in [2.05, 4.69) is 30.4 Å². The van der Waals surface area contributed by atoms with Crippen LogP contribution in [0.2, 0.25) is 0 Å². The summed E-state index contributed by atoms with van der Waals surface area (Å²) in [6, 6.07) is 0.463. The Hall–Kier alpha value is -1.89. The molecule has 0 saturated heterocycles. The molecule has 7 heteroatoms. The first kappa shape index (κ1) is 13.1. The van der Waals surface area contributed by atoms with Crippen LogP contribution in [0.1, 0.15) is 26.2 Å². The fourth-order valence-corrected chi connectivity index (χ4v) is 2.54. The van der Waals surface area contributed by atoms with E-state index < -0.39 is 0 Å². The molecule has 0 amide bonds. The Bertz CT molecular complexity index is 579. The number of hydrogen-bond donors (Lipinski definition) is 3. The number of aliphatic hydroxyl groups is 1. The fraction of sp³-hybridized carbons (Fsp3) is 0.615. The SMILES string of the molecule is CCNc1nc(N(CCO)C2CCC2)c2cn[nH]c2n1. The third-order valence-corrected chi connectivity index (χ3v) is 3.75. The van der Waals surface area contributed by atoms with Gasteiger partial charge in [-0.15, -0.1) is 0 Å². The number of nitrogens with one attached hydrogen (secondary N) is 2. The second-order valence-corrected chi connectivity index (χ2v) is 5.04. The number of H-pyrrole nitrogens is 1. The van der Waals surface area contributed by atoms with Crippen molar-refractivity contribution in [2.24, 2.45) is 0 Å². The average Bonchev–Trinajstić information content (AvgIpc) is 2.84. The molecule has 2 aromatic heterocycles. The van der Waals surface area contributed by atoms with Crippen LogP contribution in [0.4, 0.5) is 11.8 Å². The van der Waals surface area contributed by atoms with Crippen LogP contribution in [0.15, 0.2) is 6.20 Å². The van der Waals surface area contributed by atoms with Gasteiger partial charge in [0.25, 0.3) is 0 Å². The van der Waals surface area contributed by atoms with Crippen molar-refractivity contribution in [3.05, 3.63) is 6.20 Å². The molecule has 20 heavy (non-hydrogen) atoms. The van der Waals surface area contributed by atoms with E-state index in [0.29, 0.717) is 18.5 Å². The van der Waals surface area contributed by atoms with Crippen LogP contribution in [0.25, 0.3) is 11.0 Å². The Balaban J connectivity index is 2.03. The van der Waals surface area contributed by atoms with Crippen molar-refractivity contribution >= 4 is 22.8 Å². The van der Waals surface area contributed by atoms with Gasteiger partial charge in [-0.3, -0.25) is 5.10 Å². The van der Waals surface area contributed by atoms with Crippen LogP contribution < -0.4 is 10.2 Å². The molecule has 0 aromatic carbocycles. The number of hydrogen-bond acceptors (Lipinski definition) is 6. The predicted octanol–water partition coefficient (Wildman–Crippen LogP) is 1.14. The number of aromatic nitrogens is 4. The predicted molar refractivity (Wildman–Crippen MR) is 77.9 cm³/mol. The number of rotatable bonds is 6. The zero-order chi connectivity index (χ0) is 13.9. The first-order valence-corrected chi connectivity index (χ1v) is 7.16. The minimum absolute atomic E-state index is 0.121. The molecular formula is C13H20N6O. The molecule has 7 nitrogen and oxygen atoms in total. The Labute approximate surface area is 117 Å². The van der Waals surface area contributed by atoms with Crippen LogP contribution in [-0.4, -0.2) is 51.0 Å². The summed E-state index contributed by atoms with van der Waals surface area (Å²) >= 11 is 0.